The second-order valence-electron chi connectivity index (χ2n) is 5.11. The molecule has 0 bridgehead atoms. The topological polar surface area (TPSA) is 45.0 Å². The van der Waals surface area contributed by atoms with Crippen molar-refractivity contribution in [2.75, 3.05) is 0 Å². The van der Waals surface area contributed by atoms with Crippen LogP contribution in [0.1, 0.15) is 37.8 Å². The molecule has 1 aromatic carbocycles. The van der Waals surface area contributed by atoms with Crippen molar-refractivity contribution in [1.82, 2.24) is 5.32 Å². The summed E-state index contributed by atoms with van der Waals surface area (Å²) in [6.45, 7) is -0.847. The Morgan fingerprint density at radius 1 is 1.40 bits per heavy atom. The van der Waals surface area contributed by atoms with E-state index in [-0.39, 0.29) is 23.8 Å². The molecule has 0 heterocycles. The van der Waals surface area contributed by atoms with Gasteiger partial charge in [0, 0.05) is 12.1 Å². The summed E-state index contributed by atoms with van der Waals surface area (Å²) in [5.41, 5.74) is 0.881. The van der Waals surface area contributed by atoms with Gasteiger partial charge in [-0.3, -0.25) is 0 Å². The van der Waals surface area contributed by atoms with E-state index in [1.807, 2.05) is 13.0 Å². The minimum absolute atomic E-state index is 0.00447. The molecule has 3 unspecified atom stereocenters. The molecule has 1 N–H and O–H groups in total. The maximum Gasteiger partial charge on any atom is 0.387 e. The Morgan fingerprint density at radius 2 is 2.20 bits per heavy atom. The summed E-state index contributed by atoms with van der Waals surface area (Å²) < 4.78 is 28.8. The molecule has 1 aromatic rings. The maximum absolute atomic E-state index is 12.2. The lowest BCUT2D eigenvalue weighted by Crippen LogP contribution is -2.33. The highest BCUT2D eigenvalue weighted by molar-refractivity contribution is 5.30. The molecule has 108 valence electrons. The minimum atomic E-state index is -2.81. The van der Waals surface area contributed by atoms with E-state index in [2.05, 4.69) is 16.1 Å². The molecule has 2 rings (SSSR count). The third kappa shape index (κ3) is 3.67. The zero-order valence-corrected chi connectivity index (χ0v) is 11.4. The van der Waals surface area contributed by atoms with Crippen LogP contribution in [0.2, 0.25) is 0 Å². The van der Waals surface area contributed by atoms with Crippen molar-refractivity contribution in [3.05, 3.63) is 29.8 Å². The predicted octanol–water partition coefficient (Wildman–Crippen LogP) is 3.63. The lowest BCUT2D eigenvalue weighted by molar-refractivity contribution is -0.0499. The first-order valence-corrected chi connectivity index (χ1v) is 6.80. The Morgan fingerprint density at radius 3 is 2.90 bits per heavy atom. The molecular formula is C15H18F2N2O. The van der Waals surface area contributed by atoms with Gasteiger partial charge < -0.3 is 10.1 Å². The number of hydrogen-bond acceptors (Lipinski definition) is 3. The van der Waals surface area contributed by atoms with E-state index in [4.69, 9.17) is 5.26 Å². The summed E-state index contributed by atoms with van der Waals surface area (Å²) in [6, 6.07) is 9.18. The van der Waals surface area contributed by atoms with Crippen molar-refractivity contribution in [3.8, 4) is 11.8 Å². The van der Waals surface area contributed by atoms with Crippen molar-refractivity contribution in [1.29, 1.82) is 5.26 Å². The number of hydrogen-bond donors (Lipinski definition) is 1. The van der Waals surface area contributed by atoms with E-state index >= 15 is 0 Å². The fourth-order valence-corrected chi connectivity index (χ4v) is 2.69. The van der Waals surface area contributed by atoms with E-state index in [9.17, 15) is 8.78 Å². The summed E-state index contributed by atoms with van der Waals surface area (Å²) in [6.07, 6.45) is 2.96. The summed E-state index contributed by atoms with van der Waals surface area (Å²) in [5.74, 6) is 0.201. The molecule has 1 fully saturated rings. The van der Waals surface area contributed by atoms with Crippen LogP contribution in [0.25, 0.3) is 0 Å². The first-order chi connectivity index (χ1) is 9.60. The van der Waals surface area contributed by atoms with Gasteiger partial charge in [0.1, 0.15) is 5.75 Å². The van der Waals surface area contributed by atoms with E-state index in [1.165, 1.54) is 6.07 Å². The molecule has 1 aliphatic carbocycles. The van der Waals surface area contributed by atoms with E-state index in [1.54, 1.807) is 12.1 Å². The van der Waals surface area contributed by atoms with E-state index in [0.717, 1.165) is 24.8 Å². The van der Waals surface area contributed by atoms with Gasteiger partial charge in [-0.05, 0) is 37.5 Å². The van der Waals surface area contributed by atoms with Gasteiger partial charge in [0.25, 0.3) is 0 Å². The Kier molecular flexibility index (Phi) is 4.91. The molecular weight excluding hydrogens is 262 g/mol. The average molecular weight is 280 g/mol. The van der Waals surface area contributed by atoms with Crippen molar-refractivity contribution >= 4 is 0 Å². The third-order valence-electron chi connectivity index (χ3n) is 3.73. The summed E-state index contributed by atoms with van der Waals surface area (Å²) >= 11 is 0. The molecule has 0 saturated heterocycles. The first-order valence-electron chi connectivity index (χ1n) is 6.80. The quantitative estimate of drug-likeness (QED) is 0.895. The zero-order valence-electron chi connectivity index (χ0n) is 11.4. The molecule has 0 radical (unpaired) electrons. The van der Waals surface area contributed by atoms with Gasteiger partial charge in [-0.25, -0.2) is 0 Å². The van der Waals surface area contributed by atoms with Crippen LogP contribution in [-0.2, 0) is 0 Å². The molecule has 20 heavy (non-hydrogen) atoms. The molecule has 0 spiro atoms. The smallest absolute Gasteiger partial charge is 0.387 e. The average Bonchev–Trinajstić information content (AvgIpc) is 2.85. The Bertz CT molecular complexity index is 487. The molecule has 3 nitrogen and oxygen atoms in total. The van der Waals surface area contributed by atoms with Crippen molar-refractivity contribution < 1.29 is 13.5 Å². The number of nitrogens with zero attached hydrogens (tertiary/aromatic N) is 1. The molecule has 0 amide bonds. The van der Waals surface area contributed by atoms with Crippen LogP contribution in [0.4, 0.5) is 8.78 Å². The highest BCUT2D eigenvalue weighted by Crippen LogP contribution is 2.28. The van der Waals surface area contributed by atoms with Crippen LogP contribution in [0, 0.1) is 17.2 Å². The van der Waals surface area contributed by atoms with Gasteiger partial charge >= 0.3 is 6.61 Å². The number of alkyl halides is 2. The van der Waals surface area contributed by atoms with Gasteiger partial charge in [0.05, 0.1) is 12.0 Å². The summed E-state index contributed by atoms with van der Waals surface area (Å²) in [5, 5.41) is 12.5. The van der Waals surface area contributed by atoms with Crippen molar-refractivity contribution in [2.45, 2.75) is 44.9 Å². The van der Waals surface area contributed by atoms with Crippen molar-refractivity contribution in [2.24, 2.45) is 5.92 Å². The minimum Gasteiger partial charge on any atom is -0.435 e. The number of benzene rings is 1. The first kappa shape index (κ1) is 14.7. The number of halogens is 2. The Hall–Kier alpha value is -1.67. The molecule has 5 heteroatoms. The van der Waals surface area contributed by atoms with Crippen LogP contribution in [0.15, 0.2) is 24.3 Å². The standard InChI is InChI=1S/C15H18F2N2O/c1-10(19-14-7-3-5-12(14)9-18)11-4-2-6-13(8-11)20-15(16)17/h2,4,6,8,10,12,14-15,19H,3,5,7H2,1H3. The predicted molar refractivity (Wildman–Crippen MR) is 71.4 cm³/mol. The number of ether oxygens (including phenoxy) is 1. The SMILES string of the molecule is CC(NC1CCCC1C#N)c1cccc(OC(F)F)c1. The lowest BCUT2D eigenvalue weighted by Gasteiger charge is -2.22. The van der Waals surface area contributed by atoms with Crippen molar-refractivity contribution in [3.63, 3.8) is 0 Å². The third-order valence-corrected chi connectivity index (χ3v) is 3.73. The zero-order chi connectivity index (χ0) is 14.5. The monoisotopic (exact) mass is 280 g/mol. The fraction of sp³-hybridized carbons (Fsp3) is 0.533. The lowest BCUT2D eigenvalue weighted by atomic mass is 10.0. The molecule has 3 atom stereocenters. The molecule has 0 aliphatic heterocycles. The number of nitriles is 1. The largest absolute Gasteiger partial charge is 0.435 e. The van der Waals surface area contributed by atoms with Gasteiger partial charge in [0.2, 0.25) is 0 Å². The maximum atomic E-state index is 12.2. The Labute approximate surface area is 117 Å². The number of nitrogens with one attached hydrogen (secondary N) is 1. The molecule has 0 aromatic heterocycles. The van der Waals surface area contributed by atoms with Gasteiger partial charge in [-0.2, -0.15) is 14.0 Å². The van der Waals surface area contributed by atoms with Crippen LogP contribution in [0.5, 0.6) is 5.75 Å². The fourth-order valence-electron chi connectivity index (χ4n) is 2.69. The second-order valence-corrected chi connectivity index (χ2v) is 5.11. The summed E-state index contributed by atoms with van der Waals surface area (Å²) in [4.78, 5) is 0. The van der Waals surface area contributed by atoms with Crippen LogP contribution >= 0.6 is 0 Å². The summed E-state index contributed by atoms with van der Waals surface area (Å²) in [7, 11) is 0. The highest BCUT2D eigenvalue weighted by Gasteiger charge is 2.28. The Balaban J connectivity index is 2.02. The van der Waals surface area contributed by atoms with E-state index < -0.39 is 6.61 Å². The van der Waals surface area contributed by atoms with Crippen LogP contribution in [-0.4, -0.2) is 12.7 Å². The number of rotatable bonds is 5. The van der Waals surface area contributed by atoms with Gasteiger partial charge in [-0.15, -0.1) is 0 Å². The van der Waals surface area contributed by atoms with Gasteiger partial charge in [0.15, 0.2) is 0 Å². The molecule has 1 aliphatic rings. The molecule has 1 saturated carbocycles. The van der Waals surface area contributed by atoms with Crippen LogP contribution in [0.3, 0.4) is 0 Å². The highest BCUT2D eigenvalue weighted by atomic mass is 19.3. The normalized spacial score (nSPS) is 23.6. The van der Waals surface area contributed by atoms with Crippen LogP contribution < -0.4 is 10.1 Å². The second kappa shape index (κ2) is 6.67. The van der Waals surface area contributed by atoms with E-state index in [0.29, 0.717) is 0 Å². The van der Waals surface area contributed by atoms with Gasteiger partial charge in [-0.1, -0.05) is 18.6 Å².